The zero-order valence-corrected chi connectivity index (χ0v) is 10.3. The van der Waals surface area contributed by atoms with E-state index >= 15 is 0 Å². The van der Waals surface area contributed by atoms with Crippen LogP contribution in [-0.2, 0) is 4.79 Å². The van der Waals surface area contributed by atoms with Crippen molar-refractivity contribution in [2.45, 2.75) is 19.9 Å². The molecule has 0 aliphatic rings. The summed E-state index contributed by atoms with van der Waals surface area (Å²) in [5.74, 6) is -0.0768. The molecule has 0 spiro atoms. The fourth-order valence-corrected chi connectivity index (χ4v) is 1.79. The van der Waals surface area contributed by atoms with E-state index in [9.17, 15) is 4.79 Å². The number of nitrogens with two attached hydrogens (primary N) is 2. The highest BCUT2D eigenvalue weighted by Gasteiger charge is 2.22. The van der Waals surface area contributed by atoms with E-state index in [1.165, 1.54) is 7.11 Å². The van der Waals surface area contributed by atoms with Gasteiger partial charge in [-0.25, -0.2) is 0 Å². The molecular weight excluding hydrogens is 228 g/mol. The Balaban J connectivity index is 3.47. The lowest BCUT2D eigenvalue weighted by Crippen LogP contribution is -2.29. The van der Waals surface area contributed by atoms with Gasteiger partial charge in [0.2, 0.25) is 5.91 Å². The summed E-state index contributed by atoms with van der Waals surface area (Å²) in [6, 6.07) is 0.834. The Morgan fingerprint density at radius 1 is 1.50 bits per heavy atom. The molecule has 0 aliphatic carbocycles. The lowest BCUT2D eigenvalue weighted by atomic mass is 9.98. The van der Waals surface area contributed by atoms with Crippen LogP contribution < -0.4 is 16.2 Å². The minimum Gasteiger partial charge on any atom is -0.496 e. The van der Waals surface area contributed by atoms with Crippen molar-refractivity contribution < 1.29 is 9.53 Å². The largest absolute Gasteiger partial charge is 0.496 e. The molecular formula is C11H15ClN2O2. The SMILES string of the molecule is COc1cc(C)c(Cl)c(C)c1C(N)C(N)=O. The third-order valence-electron chi connectivity index (χ3n) is 2.53. The van der Waals surface area contributed by atoms with Gasteiger partial charge in [0.15, 0.2) is 0 Å². The summed E-state index contributed by atoms with van der Waals surface area (Å²) in [5, 5.41) is 0.576. The molecule has 4 nitrogen and oxygen atoms in total. The molecule has 0 saturated carbocycles. The van der Waals surface area contributed by atoms with Crippen LogP contribution in [0.5, 0.6) is 5.75 Å². The van der Waals surface area contributed by atoms with E-state index in [-0.39, 0.29) is 0 Å². The Morgan fingerprint density at radius 3 is 2.50 bits per heavy atom. The van der Waals surface area contributed by atoms with E-state index in [2.05, 4.69) is 0 Å². The number of ether oxygens (including phenoxy) is 1. The molecule has 0 saturated heterocycles. The fourth-order valence-electron chi connectivity index (χ4n) is 1.63. The Morgan fingerprint density at radius 2 is 2.06 bits per heavy atom. The summed E-state index contributed by atoms with van der Waals surface area (Å²) < 4.78 is 5.19. The van der Waals surface area contributed by atoms with Crippen LogP contribution in [0.1, 0.15) is 22.7 Å². The number of halogens is 1. The van der Waals surface area contributed by atoms with Crippen LogP contribution in [0.3, 0.4) is 0 Å². The topological polar surface area (TPSA) is 78.3 Å². The van der Waals surface area contributed by atoms with Crippen molar-refractivity contribution in [2.24, 2.45) is 11.5 Å². The fraction of sp³-hybridized carbons (Fsp3) is 0.364. The number of primary amides is 1. The minimum atomic E-state index is -0.909. The number of amides is 1. The van der Waals surface area contributed by atoms with Crippen LogP contribution in [0.25, 0.3) is 0 Å². The number of hydrogen-bond acceptors (Lipinski definition) is 3. The van der Waals surface area contributed by atoms with Gasteiger partial charge in [-0.3, -0.25) is 4.79 Å². The number of carbonyl (C=O) groups is 1. The molecule has 16 heavy (non-hydrogen) atoms. The highest BCUT2D eigenvalue weighted by atomic mass is 35.5. The minimum absolute atomic E-state index is 0.533. The maximum Gasteiger partial charge on any atom is 0.239 e. The van der Waals surface area contributed by atoms with Gasteiger partial charge in [-0.05, 0) is 31.0 Å². The van der Waals surface area contributed by atoms with Crippen molar-refractivity contribution in [2.75, 3.05) is 7.11 Å². The van der Waals surface area contributed by atoms with Crippen molar-refractivity contribution in [1.29, 1.82) is 0 Å². The Hall–Kier alpha value is -1.26. The summed E-state index contributed by atoms with van der Waals surface area (Å²) in [5.41, 5.74) is 13.1. The molecule has 0 bridgehead atoms. The smallest absolute Gasteiger partial charge is 0.239 e. The van der Waals surface area contributed by atoms with Crippen molar-refractivity contribution in [1.82, 2.24) is 0 Å². The molecule has 1 atom stereocenters. The van der Waals surface area contributed by atoms with Crippen LogP contribution in [0.15, 0.2) is 6.07 Å². The van der Waals surface area contributed by atoms with Gasteiger partial charge in [-0.1, -0.05) is 11.6 Å². The zero-order valence-electron chi connectivity index (χ0n) is 9.50. The predicted octanol–water partition coefficient (Wildman–Crippen LogP) is 1.45. The first-order chi connectivity index (χ1) is 7.40. The summed E-state index contributed by atoms with van der Waals surface area (Å²) in [6.07, 6.45) is 0. The lowest BCUT2D eigenvalue weighted by Gasteiger charge is -2.18. The van der Waals surface area contributed by atoms with Crippen molar-refractivity contribution in [3.63, 3.8) is 0 Å². The van der Waals surface area contributed by atoms with Crippen molar-refractivity contribution in [3.8, 4) is 5.75 Å². The van der Waals surface area contributed by atoms with Crippen LogP contribution in [0.2, 0.25) is 5.02 Å². The second-order valence-corrected chi connectivity index (χ2v) is 4.01. The lowest BCUT2D eigenvalue weighted by molar-refractivity contribution is -0.119. The van der Waals surface area contributed by atoms with E-state index < -0.39 is 11.9 Å². The molecule has 1 unspecified atom stereocenters. The molecule has 1 rings (SSSR count). The van der Waals surface area contributed by atoms with Crippen molar-refractivity contribution in [3.05, 3.63) is 27.8 Å². The van der Waals surface area contributed by atoms with Gasteiger partial charge in [0, 0.05) is 10.6 Å². The summed E-state index contributed by atoms with van der Waals surface area (Å²) in [7, 11) is 1.51. The van der Waals surface area contributed by atoms with E-state index in [1.54, 1.807) is 13.0 Å². The van der Waals surface area contributed by atoms with E-state index in [1.807, 2.05) is 6.92 Å². The first-order valence-corrected chi connectivity index (χ1v) is 5.16. The zero-order chi connectivity index (χ0) is 12.5. The molecule has 4 N–H and O–H groups in total. The first kappa shape index (κ1) is 12.8. The quantitative estimate of drug-likeness (QED) is 0.842. The molecule has 0 radical (unpaired) electrons. The standard InChI is InChI=1S/C11H15ClN2O2/c1-5-4-7(16-3)8(6(2)9(5)12)10(13)11(14)15/h4,10H,13H2,1-3H3,(H2,14,15). The van der Waals surface area contributed by atoms with E-state index in [4.69, 9.17) is 27.8 Å². The van der Waals surface area contributed by atoms with Gasteiger partial charge in [0.05, 0.1) is 7.11 Å². The molecule has 0 aromatic heterocycles. The van der Waals surface area contributed by atoms with E-state index in [0.717, 1.165) is 11.1 Å². The Bertz CT molecular complexity index is 432. The summed E-state index contributed by atoms with van der Waals surface area (Å²) in [4.78, 5) is 11.1. The Kier molecular flexibility index (Phi) is 3.78. The number of aryl methyl sites for hydroxylation is 1. The average molecular weight is 243 g/mol. The highest BCUT2D eigenvalue weighted by Crippen LogP contribution is 2.34. The molecule has 88 valence electrons. The molecule has 0 heterocycles. The van der Waals surface area contributed by atoms with Gasteiger partial charge in [0.25, 0.3) is 0 Å². The summed E-state index contributed by atoms with van der Waals surface area (Å²) in [6.45, 7) is 3.65. The van der Waals surface area contributed by atoms with Gasteiger partial charge in [-0.2, -0.15) is 0 Å². The molecule has 1 aromatic rings. The number of methoxy groups -OCH3 is 1. The van der Waals surface area contributed by atoms with Gasteiger partial charge in [0.1, 0.15) is 11.8 Å². The van der Waals surface area contributed by atoms with Crippen molar-refractivity contribution >= 4 is 17.5 Å². The van der Waals surface area contributed by atoms with E-state index in [0.29, 0.717) is 16.3 Å². The molecule has 1 amide bonds. The van der Waals surface area contributed by atoms with Crippen LogP contribution in [-0.4, -0.2) is 13.0 Å². The average Bonchev–Trinajstić information content (AvgIpc) is 2.24. The third kappa shape index (κ3) is 2.13. The maximum atomic E-state index is 11.1. The monoisotopic (exact) mass is 242 g/mol. The molecule has 5 heteroatoms. The predicted molar refractivity (Wildman–Crippen MR) is 63.6 cm³/mol. The second kappa shape index (κ2) is 4.72. The molecule has 0 aliphatic heterocycles. The van der Waals surface area contributed by atoms with Gasteiger partial charge < -0.3 is 16.2 Å². The molecule has 0 fully saturated rings. The Labute approximate surface area is 99.5 Å². The van der Waals surface area contributed by atoms with Crippen LogP contribution in [0, 0.1) is 13.8 Å². The summed E-state index contributed by atoms with van der Waals surface area (Å²) >= 11 is 6.10. The van der Waals surface area contributed by atoms with Gasteiger partial charge >= 0.3 is 0 Å². The third-order valence-corrected chi connectivity index (χ3v) is 3.11. The number of benzene rings is 1. The van der Waals surface area contributed by atoms with Gasteiger partial charge in [-0.15, -0.1) is 0 Å². The number of hydrogen-bond donors (Lipinski definition) is 2. The molecule has 1 aromatic carbocycles. The highest BCUT2D eigenvalue weighted by molar-refractivity contribution is 6.32. The number of carbonyl (C=O) groups excluding carboxylic acids is 1. The number of rotatable bonds is 3. The maximum absolute atomic E-state index is 11.1. The van der Waals surface area contributed by atoms with Crippen LogP contribution in [0.4, 0.5) is 0 Å². The van der Waals surface area contributed by atoms with Crippen LogP contribution >= 0.6 is 11.6 Å². The second-order valence-electron chi connectivity index (χ2n) is 3.63. The normalized spacial score (nSPS) is 12.3. The first-order valence-electron chi connectivity index (χ1n) is 4.78.